The van der Waals surface area contributed by atoms with Crippen molar-refractivity contribution in [1.82, 2.24) is 5.32 Å². The number of hydrogen-bond acceptors (Lipinski definition) is 3. The van der Waals surface area contributed by atoms with Crippen LogP contribution in [0.4, 0.5) is 13.2 Å². The van der Waals surface area contributed by atoms with Crippen molar-refractivity contribution >= 4 is 44.6 Å². The molecule has 0 unspecified atom stereocenters. The van der Waals surface area contributed by atoms with Gasteiger partial charge in [0.1, 0.15) is 0 Å². The molecule has 1 aliphatic rings. The quantitative estimate of drug-likeness (QED) is 0.757. The van der Waals surface area contributed by atoms with Gasteiger partial charge in [-0.25, -0.2) is 8.42 Å². The molecule has 0 radical (unpaired) electrons. The van der Waals surface area contributed by atoms with Crippen molar-refractivity contribution in [3.05, 3.63) is 28.8 Å². The maximum Gasteiger partial charge on any atom is 0.417 e. The van der Waals surface area contributed by atoms with E-state index in [9.17, 15) is 21.6 Å². The Labute approximate surface area is 134 Å². The summed E-state index contributed by atoms with van der Waals surface area (Å²) >= 11 is 16.0. The number of halogens is 6. The molecule has 1 aromatic rings. The first-order chi connectivity index (χ1) is 9.46. The molecule has 0 atom stereocenters. The van der Waals surface area contributed by atoms with Crippen molar-refractivity contribution in [1.29, 1.82) is 0 Å². The van der Waals surface area contributed by atoms with Crippen LogP contribution in [0.5, 0.6) is 0 Å². The molecule has 21 heavy (non-hydrogen) atoms. The Kier molecular flexibility index (Phi) is 4.45. The first-order valence-electron chi connectivity index (χ1n) is 5.70. The zero-order chi connectivity index (χ0) is 16.1. The number of sulfone groups is 1. The molecule has 0 aromatic heterocycles. The van der Waals surface area contributed by atoms with E-state index in [4.69, 9.17) is 34.8 Å². The second kappa shape index (κ2) is 5.45. The molecule has 0 aliphatic carbocycles. The number of alkyl halides is 6. The van der Waals surface area contributed by atoms with Crippen LogP contribution in [0.2, 0.25) is 0 Å². The molecular weight excluding hydrogens is 374 g/mol. The fraction of sp³-hybridized carbons (Fsp3) is 0.455. The summed E-state index contributed by atoms with van der Waals surface area (Å²) < 4.78 is 61.3. The van der Waals surface area contributed by atoms with Gasteiger partial charge in [0.25, 0.3) is 3.12 Å². The number of benzene rings is 1. The molecule has 3 nitrogen and oxygen atoms in total. The maximum absolute atomic E-state index is 13.3. The summed E-state index contributed by atoms with van der Waals surface area (Å²) in [6.07, 6.45) is -4.50. The van der Waals surface area contributed by atoms with Crippen molar-refractivity contribution in [2.45, 2.75) is 27.2 Å². The van der Waals surface area contributed by atoms with Gasteiger partial charge in [-0.15, -0.1) is 0 Å². The number of fused-ring (bicyclic) bond motifs is 1. The Morgan fingerprint density at radius 1 is 1.14 bits per heavy atom. The molecular formula is C11H9Cl3F3NO2S. The van der Waals surface area contributed by atoms with Crippen LogP contribution >= 0.6 is 34.8 Å². The Morgan fingerprint density at radius 3 is 2.29 bits per heavy atom. The molecule has 1 heterocycles. The number of hydrogen-bond donors (Lipinski definition) is 1. The lowest BCUT2D eigenvalue weighted by Crippen LogP contribution is -2.30. The lowest BCUT2D eigenvalue weighted by molar-refractivity contribution is -0.140. The van der Waals surface area contributed by atoms with Gasteiger partial charge in [-0.1, -0.05) is 40.9 Å². The highest BCUT2D eigenvalue weighted by atomic mass is 35.6. The predicted octanol–water partition coefficient (Wildman–Crippen LogP) is 3.45. The van der Waals surface area contributed by atoms with E-state index in [0.29, 0.717) is 18.5 Å². The average Bonchev–Trinajstić information content (AvgIpc) is 2.34. The van der Waals surface area contributed by atoms with Crippen molar-refractivity contribution < 1.29 is 21.6 Å². The van der Waals surface area contributed by atoms with Crippen molar-refractivity contribution in [2.24, 2.45) is 0 Å². The highest BCUT2D eigenvalue weighted by Crippen LogP contribution is 2.45. The highest BCUT2D eigenvalue weighted by Gasteiger charge is 2.47. The highest BCUT2D eigenvalue weighted by molar-refractivity contribution is 7.97. The molecule has 1 aromatic carbocycles. The van der Waals surface area contributed by atoms with Crippen LogP contribution in [0, 0.1) is 0 Å². The molecule has 0 bridgehead atoms. The van der Waals surface area contributed by atoms with E-state index in [2.05, 4.69) is 5.32 Å². The van der Waals surface area contributed by atoms with Crippen LogP contribution < -0.4 is 5.32 Å². The first-order valence-corrected chi connectivity index (χ1v) is 8.32. The van der Waals surface area contributed by atoms with Gasteiger partial charge >= 0.3 is 6.18 Å². The summed E-state index contributed by atoms with van der Waals surface area (Å²) in [5.74, 6) is 0. The zero-order valence-electron chi connectivity index (χ0n) is 10.3. The fourth-order valence-corrected chi connectivity index (χ4v) is 3.95. The summed E-state index contributed by atoms with van der Waals surface area (Å²) in [6.45, 7) is 0.425. The third kappa shape index (κ3) is 3.12. The number of rotatable bonds is 1. The van der Waals surface area contributed by atoms with E-state index < -0.39 is 29.6 Å². The first kappa shape index (κ1) is 17.1. The van der Waals surface area contributed by atoms with Gasteiger partial charge in [0.15, 0.2) is 0 Å². The predicted molar refractivity (Wildman–Crippen MR) is 74.3 cm³/mol. The monoisotopic (exact) mass is 381 g/mol. The lowest BCUT2D eigenvalue weighted by atomic mass is 9.95. The average molecular weight is 383 g/mol. The Balaban J connectivity index is 2.80. The van der Waals surface area contributed by atoms with Crippen LogP contribution in [-0.4, -0.2) is 18.1 Å². The molecule has 2 rings (SSSR count). The topological polar surface area (TPSA) is 46.2 Å². The molecule has 0 amide bonds. The summed E-state index contributed by atoms with van der Waals surface area (Å²) in [6, 6.07) is 2.18. The van der Waals surface area contributed by atoms with E-state index in [-0.39, 0.29) is 12.1 Å². The van der Waals surface area contributed by atoms with Crippen molar-refractivity contribution in [3.63, 3.8) is 0 Å². The SMILES string of the molecule is O=S(=O)(c1ccc2c(c1C(F)(F)F)CNCC2)C(Cl)(Cl)Cl. The zero-order valence-corrected chi connectivity index (χ0v) is 13.4. The summed E-state index contributed by atoms with van der Waals surface area (Å²) in [4.78, 5) is -1.02. The molecule has 0 saturated heterocycles. The molecule has 118 valence electrons. The van der Waals surface area contributed by atoms with E-state index in [1.54, 1.807) is 0 Å². The fourth-order valence-electron chi connectivity index (χ4n) is 2.20. The minimum absolute atomic E-state index is 0.0899. The van der Waals surface area contributed by atoms with Gasteiger partial charge in [-0.2, -0.15) is 13.2 Å². The van der Waals surface area contributed by atoms with E-state index in [1.807, 2.05) is 0 Å². The van der Waals surface area contributed by atoms with Crippen molar-refractivity contribution in [3.8, 4) is 0 Å². The minimum atomic E-state index is -4.87. The molecule has 10 heteroatoms. The summed E-state index contributed by atoms with van der Waals surface area (Å²) in [5.41, 5.74) is -0.952. The second-order valence-electron chi connectivity index (χ2n) is 4.45. The molecule has 0 spiro atoms. The normalized spacial score (nSPS) is 16.7. The second-order valence-corrected chi connectivity index (χ2v) is 9.46. The van der Waals surface area contributed by atoms with Crippen LogP contribution in [-0.2, 0) is 29.0 Å². The van der Waals surface area contributed by atoms with Gasteiger partial charge < -0.3 is 5.32 Å². The third-order valence-electron chi connectivity index (χ3n) is 3.12. The molecule has 1 N–H and O–H groups in total. The van der Waals surface area contributed by atoms with E-state index in [1.165, 1.54) is 6.07 Å². The molecule has 1 aliphatic heterocycles. The van der Waals surface area contributed by atoms with Gasteiger partial charge in [-0.3, -0.25) is 0 Å². The molecule has 0 fully saturated rings. The summed E-state index contributed by atoms with van der Waals surface area (Å²) in [5, 5.41) is 2.78. The van der Waals surface area contributed by atoms with Crippen molar-refractivity contribution in [2.75, 3.05) is 6.54 Å². The van der Waals surface area contributed by atoms with Gasteiger partial charge in [0.2, 0.25) is 9.84 Å². The minimum Gasteiger partial charge on any atom is -0.312 e. The van der Waals surface area contributed by atoms with Gasteiger partial charge in [0.05, 0.1) is 10.5 Å². The summed E-state index contributed by atoms with van der Waals surface area (Å²) in [7, 11) is -4.78. The standard InChI is InChI=1S/C11H9Cl3F3NO2S/c12-11(13,14)21(19,20)8-2-1-6-3-4-18-5-7(6)9(8)10(15,16)17/h1-2,18H,3-5H2. The van der Waals surface area contributed by atoms with Gasteiger partial charge in [-0.05, 0) is 30.2 Å². The maximum atomic E-state index is 13.3. The lowest BCUT2D eigenvalue weighted by Gasteiger charge is -2.25. The molecule has 0 saturated carbocycles. The smallest absolute Gasteiger partial charge is 0.312 e. The Hall–Kier alpha value is -0.210. The Morgan fingerprint density at radius 2 is 1.76 bits per heavy atom. The number of nitrogens with one attached hydrogen (secondary N) is 1. The van der Waals surface area contributed by atoms with E-state index >= 15 is 0 Å². The van der Waals surface area contributed by atoms with Crippen LogP contribution in [0.1, 0.15) is 16.7 Å². The van der Waals surface area contributed by atoms with Gasteiger partial charge in [0, 0.05) is 6.54 Å². The third-order valence-corrected chi connectivity index (χ3v) is 6.48. The van der Waals surface area contributed by atoms with Crippen LogP contribution in [0.15, 0.2) is 17.0 Å². The van der Waals surface area contributed by atoms with Crippen LogP contribution in [0.25, 0.3) is 0 Å². The Bertz CT molecular complexity index is 669. The van der Waals surface area contributed by atoms with Crippen LogP contribution in [0.3, 0.4) is 0 Å². The largest absolute Gasteiger partial charge is 0.417 e. The van der Waals surface area contributed by atoms with E-state index in [0.717, 1.165) is 6.07 Å².